The van der Waals surface area contributed by atoms with E-state index in [1.807, 2.05) is 24.3 Å². The van der Waals surface area contributed by atoms with Gasteiger partial charge in [0.1, 0.15) is 0 Å². The molecule has 1 heterocycles. The Balaban J connectivity index is 1.77. The zero-order valence-electron chi connectivity index (χ0n) is 13.4. The van der Waals surface area contributed by atoms with Crippen LogP contribution in [-0.4, -0.2) is 36.8 Å². The highest BCUT2D eigenvalue weighted by molar-refractivity contribution is 7.98. The van der Waals surface area contributed by atoms with Gasteiger partial charge in [0.05, 0.1) is 0 Å². The van der Waals surface area contributed by atoms with Gasteiger partial charge in [-0.25, -0.2) is 13.1 Å². The molecular weight excluding hydrogens is 404 g/mol. The van der Waals surface area contributed by atoms with Crippen molar-refractivity contribution in [3.63, 3.8) is 0 Å². The molecule has 25 heavy (non-hydrogen) atoms. The molecule has 0 saturated heterocycles. The van der Waals surface area contributed by atoms with Gasteiger partial charge in [0.25, 0.3) is 10.0 Å². The third kappa shape index (κ3) is 6.55. The molecule has 2 N–H and O–H groups in total. The average molecular weight is 421 g/mol. The number of carbonyl (C=O) groups is 1. The fraction of sp³-hybridized carbons (Fsp3) is 0.357. The van der Waals surface area contributed by atoms with E-state index in [0.717, 1.165) is 22.7 Å². The number of thioether (sulfide) groups is 1. The molecule has 1 amide bonds. The molecule has 0 spiro atoms. The van der Waals surface area contributed by atoms with Gasteiger partial charge in [-0.3, -0.25) is 4.79 Å². The first-order valence-corrected chi connectivity index (χ1v) is 11.2. The number of benzene rings is 1. The lowest BCUT2D eigenvalue weighted by Crippen LogP contribution is -2.26. The van der Waals surface area contributed by atoms with Crippen molar-refractivity contribution in [2.24, 2.45) is 0 Å². The summed E-state index contributed by atoms with van der Waals surface area (Å²) in [5.41, 5.74) is 1.12. The third-order valence-electron chi connectivity index (χ3n) is 2.92. The second-order valence-corrected chi connectivity index (χ2v) is 9.31. The van der Waals surface area contributed by atoms with Crippen molar-refractivity contribution >= 4 is 55.8 Å². The lowest BCUT2D eigenvalue weighted by atomic mass is 10.2. The molecule has 0 atom stereocenters. The number of hydrogen-bond acceptors (Lipinski definition) is 7. The predicted molar refractivity (Wildman–Crippen MR) is 102 cm³/mol. The molecule has 0 bridgehead atoms. The Morgan fingerprint density at radius 1 is 1.28 bits per heavy atom. The molecule has 0 unspecified atom stereocenters. The second-order valence-electron chi connectivity index (χ2n) is 4.85. The van der Waals surface area contributed by atoms with E-state index in [1.54, 1.807) is 18.7 Å². The summed E-state index contributed by atoms with van der Waals surface area (Å²) in [5.74, 6) is 1.14. The van der Waals surface area contributed by atoms with Crippen molar-refractivity contribution in [2.75, 3.05) is 17.6 Å². The minimum absolute atomic E-state index is 0.165. The van der Waals surface area contributed by atoms with Gasteiger partial charge >= 0.3 is 0 Å². The summed E-state index contributed by atoms with van der Waals surface area (Å²) in [7, 11) is -3.72. The SMILES string of the molecule is CCC(=O)Nc1nnc(S(=O)(=O)NCCSCc2ccc(Cl)cc2)s1. The normalized spacial score (nSPS) is 11.4. The number of rotatable bonds is 9. The molecular formula is C14H17ClN4O3S3. The highest BCUT2D eigenvalue weighted by Gasteiger charge is 2.20. The summed E-state index contributed by atoms with van der Waals surface area (Å²) in [5, 5.41) is 10.6. The zero-order chi connectivity index (χ0) is 18.3. The molecule has 11 heteroatoms. The molecule has 1 aromatic carbocycles. The Bertz CT molecular complexity index is 809. The summed E-state index contributed by atoms with van der Waals surface area (Å²) in [6, 6.07) is 7.52. The van der Waals surface area contributed by atoms with Crippen LogP contribution in [0.15, 0.2) is 28.6 Å². The summed E-state index contributed by atoms with van der Waals surface area (Å²) < 4.78 is 26.6. The van der Waals surface area contributed by atoms with Crippen molar-refractivity contribution in [1.29, 1.82) is 0 Å². The van der Waals surface area contributed by atoms with Crippen molar-refractivity contribution in [3.8, 4) is 0 Å². The first-order valence-electron chi connectivity index (χ1n) is 7.36. The van der Waals surface area contributed by atoms with Gasteiger partial charge in [0.2, 0.25) is 15.4 Å². The Kier molecular flexibility index (Phi) is 7.63. The van der Waals surface area contributed by atoms with E-state index in [4.69, 9.17) is 11.6 Å². The fourth-order valence-electron chi connectivity index (χ4n) is 1.66. The van der Waals surface area contributed by atoms with Crippen molar-refractivity contribution in [3.05, 3.63) is 34.9 Å². The maximum absolute atomic E-state index is 12.1. The van der Waals surface area contributed by atoms with Crippen LogP contribution in [0, 0.1) is 0 Å². The van der Waals surface area contributed by atoms with Crippen LogP contribution in [0.4, 0.5) is 5.13 Å². The average Bonchev–Trinajstić information content (AvgIpc) is 3.05. The van der Waals surface area contributed by atoms with Crippen LogP contribution >= 0.6 is 34.7 Å². The molecule has 0 radical (unpaired) electrons. The van der Waals surface area contributed by atoms with Crippen molar-refractivity contribution in [1.82, 2.24) is 14.9 Å². The topological polar surface area (TPSA) is 101 Å². The Morgan fingerprint density at radius 2 is 2.00 bits per heavy atom. The maximum atomic E-state index is 12.1. The lowest BCUT2D eigenvalue weighted by Gasteiger charge is -2.04. The highest BCUT2D eigenvalue weighted by atomic mass is 35.5. The number of halogens is 1. The van der Waals surface area contributed by atoms with Crippen LogP contribution < -0.4 is 10.0 Å². The molecule has 0 aliphatic rings. The first kappa shape index (κ1) is 20.1. The van der Waals surface area contributed by atoms with Crippen molar-refractivity contribution < 1.29 is 13.2 Å². The number of nitrogens with one attached hydrogen (secondary N) is 2. The zero-order valence-corrected chi connectivity index (χ0v) is 16.6. The van der Waals surface area contributed by atoms with Crippen molar-refractivity contribution in [2.45, 2.75) is 23.4 Å². The van der Waals surface area contributed by atoms with Gasteiger partial charge in [-0.1, -0.05) is 42.0 Å². The minimum atomic E-state index is -3.72. The van der Waals surface area contributed by atoms with Crippen LogP contribution in [0.3, 0.4) is 0 Å². The number of carbonyl (C=O) groups excluding carboxylic acids is 1. The number of amides is 1. The highest BCUT2D eigenvalue weighted by Crippen LogP contribution is 2.20. The third-order valence-corrected chi connectivity index (χ3v) is 6.87. The van der Waals surface area contributed by atoms with Gasteiger partial charge in [-0.05, 0) is 17.7 Å². The van der Waals surface area contributed by atoms with Gasteiger partial charge in [-0.15, -0.1) is 10.2 Å². The summed E-state index contributed by atoms with van der Waals surface area (Å²) in [4.78, 5) is 11.3. The van der Waals surface area contributed by atoms with Gasteiger partial charge in [0.15, 0.2) is 0 Å². The Labute approximate surface area is 159 Å². The van der Waals surface area contributed by atoms with E-state index in [-0.39, 0.29) is 28.3 Å². The van der Waals surface area contributed by atoms with Gasteiger partial charge < -0.3 is 5.32 Å². The number of nitrogens with zero attached hydrogens (tertiary/aromatic N) is 2. The predicted octanol–water partition coefficient (Wildman–Crippen LogP) is 2.75. The summed E-state index contributed by atoms with van der Waals surface area (Å²) >= 11 is 8.25. The molecule has 1 aromatic heterocycles. The molecule has 2 aromatic rings. The van der Waals surface area contributed by atoms with Crippen LogP contribution in [-0.2, 0) is 20.6 Å². The molecule has 136 valence electrons. The van der Waals surface area contributed by atoms with E-state index >= 15 is 0 Å². The minimum Gasteiger partial charge on any atom is -0.301 e. The van der Waals surface area contributed by atoms with Gasteiger partial charge in [0, 0.05) is 29.5 Å². The van der Waals surface area contributed by atoms with E-state index in [0.29, 0.717) is 10.8 Å². The van der Waals surface area contributed by atoms with E-state index in [2.05, 4.69) is 20.2 Å². The Morgan fingerprint density at radius 3 is 2.68 bits per heavy atom. The van der Waals surface area contributed by atoms with Crippen LogP contribution in [0.1, 0.15) is 18.9 Å². The maximum Gasteiger partial charge on any atom is 0.269 e. The second kappa shape index (κ2) is 9.48. The molecule has 0 aliphatic heterocycles. The number of sulfonamides is 1. The molecule has 0 aliphatic carbocycles. The van der Waals surface area contributed by atoms with E-state index in [1.165, 1.54) is 0 Å². The fourth-order valence-corrected chi connectivity index (χ4v) is 4.72. The first-order chi connectivity index (χ1) is 11.9. The molecule has 0 fully saturated rings. The number of anilines is 1. The van der Waals surface area contributed by atoms with Crippen LogP contribution in [0.25, 0.3) is 0 Å². The molecule has 0 saturated carbocycles. The summed E-state index contributed by atoms with van der Waals surface area (Å²) in [6.07, 6.45) is 0.282. The van der Waals surface area contributed by atoms with E-state index in [9.17, 15) is 13.2 Å². The lowest BCUT2D eigenvalue weighted by molar-refractivity contribution is -0.115. The molecule has 2 rings (SSSR count). The molecule has 7 nitrogen and oxygen atoms in total. The summed E-state index contributed by atoms with van der Waals surface area (Å²) in [6.45, 7) is 1.97. The largest absolute Gasteiger partial charge is 0.301 e. The van der Waals surface area contributed by atoms with Gasteiger partial charge in [-0.2, -0.15) is 11.8 Å². The van der Waals surface area contributed by atoms with Crippen LogP contribution in [0.2, 0.25) is 5.02 Å². The van der Waals surface area contributed by atoms with Crippen LogP contribution in [0.5, 0.6) is 0 Å². The quantitative estimate of drug-likeness (QED) is 0.477. The standard InChI is InChI=1S/C14H17ClN4O3S3/c1-2-12(20)17-13-18-19-14(24-13)25(21,22)16-7-8-23-9-10-3-5-11(15)6-4-10/h3-6,16H,2,7-9H2,1H3,(H,17,18,20). The van der Waals surface area contributed by atoms with E-state index < -0.39 is 10.0 Å². The monoisotopic (exact) mass is 420 g/mol. The Hall–Kier alpha value is -1.20. The number of hydrogen-bond donors (Lipinski definition) is 2. The smallest absolute Gasteiger partial charge is 0.269 e. The number of aromatic nitrogens is 2.